The van der Waals surface area contributed by atoms with E-state index in [1.165, 1.54) is 30.7 Å². The summed E-state index contributed by atoms with van der Waals surface area (Å²) < 4.78 is 44.7. The van der Waals surface area contributed by atoms with Gasteiger partial charge in [0.25, 0.3) is 0 Å². The quantitative estimate of drug-likeness (QED) is 0.739. The summed E-state index contributed by atoms with van der Waals surface area (Å²) in [4.78, 5) is 0. The first-order chi connectivity index (χ1) is 11.2. The largest absolute Gasteiger partial charge is 0.525 e. The second-order valence-electron chi connectivity index (χ2n) is 6.86. The Balaban J connectivity index is 1.96. The Morgan fingerprint density at radius 1 is 1.08 bits per heavy atom. The fourth-order valence-electron chi connectivity index (χ4n) is 2.51. The van der Waals surface area contributed by atoms with E-state index in [-0.39, 0.29) is 0 Å². The molecule has 0 bridgehead atoms. The van der Waals surface area contributed by atoms with Crippen LogP contribution in [0, 0.1) is 5.82 Å². The van der Waals surface area contributed by atoms with Crippen molar-refractivity contribution in [3.05, 3.63) is 53.9 Å². The van der Waals surface area contributed by atoms with Gasteiger partial charge in [0.1, 0.15) is 11.5 Å². The maximum Gasteiger partial charge on any atom is 0.525 e. The average molecular weight is 332 g/mol. The highest BCUT2D eigenvalue weighted by Gasteiger charge is 2.53. The monoisotopic (exact) mass is 332 g/mol. The lowest BCUT2D eigenvalue weighted by Gasteiger charge is -2.32. The molecule has 0 saturated carbocycles. The molecular formula is C18H19BF2O3. The van der Waals surface area contributed by atoms with Gasteiger partial charge in [-0.2, -0.15) is 0 Å². The van der Waals surface area contributed by atoms with E-state index in [1.807, 2.05) is 27.7 Å². The van der Waals surface area contributed by atoms with Crippen molar-refractivity contribution in [3.8, 4) is 11.1 Å². The molecule has 1 saturated heterocycles. The fraction of sp³-hybridized carbons (Fsp3) is 0.333. The van der Waals surface area contributed by atoms with Gasteiger partial charge in [-0.15, -0.1) is 0 Å². The molecule has 6 heteroatoms. The van der Waals surface area contributed by atoms with Crippen molar-refractivity contribution < 1.29 is 22.5 Å². The van der Waals surface area contributed by atoms with Gasteiger partial charge < -0.3 is 13.7 Å². The molecule has 3 rings (SSSR count). The van der Waals surface area contributed by atoms with Crippen molar-refractivity contribution in [2.45, 2.75) is 38.9 Å². The second-order valence-corrected chi connectivity index (χ2v) is 6.86. The van der Waals surface area contributed by atoms with Gasteiger partial charge in [-0.1, -0.05) is 6.07 Å². The van der Waals surface area contributed by atoms with Crippen molar-refractivity contribution in [1.29, 1.82) is 0 Å². The van der Waals surface area contributed by atoms with Crippen LogP contribution >= 0.6 is 0 Å². The first kappa shape index (κ1) is 16.9. The van der Waals surface area contributed by atoms with Crippen LogP contribution in [0.1, 0.15) is 33.3 Å². The third kappa shape index (κ3) is 3.04. The summed E-state index contributed by atoms with van der Waals surface area (Å²) in [6.45, 7) is 7.39. The maximum absolute atomic E-state index is 14.7. The molecule has 1 aromatic heterocycles. The maximum atomic E-state index is 14.7. The van der Waals surface area contributed by atoms with E-state index in [9.17, 15) is 8.78 Å². The first-order valence-corrected chi connectivity index (χ1v) is 7.74. The summed E-state index contributed by atoms with van der Waals surface area (Å²) in [7, 11) is -1.12. The van der Waals surface area contributed by atoms with Crippen LogP contribution in [-0.2, 0) is 9.31 Å². The van der Waals surface area contributed by atoms with Crippen LogP contribution in [0.2, 0.25) is 0 Å². The molecule has 2 aromatic rings. The predicted molar refractivity (Wildman–Crippen MR) is 89.3 cm³/mol. The van der Waals surface area contributed by atoms with Crippen LogP contribution in [0.5, 0.6) is 0 Å². The van der Waals surface area contributed by atoms with Crippen LogP contribution in [0.15, 0.2) is 46.9 Å². The Kier molecular flexibility index (Phi) is 4.14. The fourth-order valence-corrected chi connectivity index (χ4v) is 2.51. The second kappa shape index (κ2) is 5.86. The Morgan fingerprint density at radius 2 is 1.75 bits per heavy atom. The molecule has 0 spiro atoms. The Labute approximate surface area is 140 Å². The zero-order chi connectivity index (χ0) is 17.5. The van der Waals surface area contributed by atoms with E-state index in [1.54, 1.807) is 12.1 Å². The van der Waals surface area contributed by atoms with E-state index >= 15 is 0 Å². The van der Waals surface area contributed by atoms with Gasteiger partial charge in [0.15, 0.2) is 0 Å². The van der Waals surface area contributed by atoms with Gasteiger partial charge >= 0.3 is 7.12 Å². The van der Waals surface area contributed by atoms with Gasteiger partial charge in [-0.05, 0) is 63.1 Å². The molecule has 1 aliphatic rings. The number of hydrogen-bond acceptors (Lipinski definition) is 3. The summed E-state index contributed by atoms with van der Waals surface area (Å²) in [6, 6.07) is 5.92. The Hall–Kier alpha value is -1.92. The molecule has 126 valence electrons. The number of benzene rings is 1. The number of hydrogen-bond donors (Lipinski definition) is 0. The van der Waals surface area contributed by atoms with Crippen molar-refractivity contribution in [3.63, 3.8) is 0 Å². The van der Waals surface area contributed by atoms with Crippen molar-refractivity contribution in [2.75, 3.05) is 0 Å². The van der Waals surface area contributed by atoms with Crippen LogP contribution in [0.25, 0.3) is 17.2 Å². The van der Waals surface area contributed by atoms with Crippen LogP contribution in [-0.4, -0.2) is 18.3 Å². The van der Waals surface area contributed by atoms with E-state index < -0.39 is 29.9 Å². The van der Waals surface area contributed by atoms with Crippen LogP contribution < -0.4 is 0 Å². The summed E-state index contributed by atoms with van der Waals surface area (Å²) in [5, 5.41) is 0. The summed E-state index contributed by atoms with van der Waals surface area (Å²) >= 11 is 0. The zero-order valence-electron chi connectivity index (χ0n) is 14.1. The highest BCUT2D eigenvalue weighted by atomic mass is 19.1. The highest BCUT2D eigenvalue weighted by molar-refractivity contribution is 6.54. The van der Waals surface area contributed by atoms with E-state index in [2.05, 4.69) is 0 Å². The minimum Gasteiger partial charge on any atom is -0.472 e. The molecular weight excluding hydrogens is 313 g/mol. The van der Waals surface area contributed by atoms with Gasteiger partial charge in [-0.3, -0.25) is 0 Å². The Morgan fingerprint density at radius 3 is 2.33 bits per heavy atom. The average Bonchev–Trinajstić information content (AvgIpc) is 3.06. The summed E-state index contributed by atoms with van der Waals surface area (Å²) in [5.41, 5.74) is -0.0940. The van der Waals surface area contributed by atoms with Crippen molar-refractivity contribution in [2.24, 2.45) is 0 Å². The molecule has 1 fully saturated rings. The Bertz CT molecular complexity index is 751. The lowest BCUT2D eigenvalue weighted by atomic mass is 9.86. The topological polar surface area (TPSA) is 31.6 Å². The zero-order valence-corrected chi connectivity index (χ0v) is 14.1. The molecule has 24 heavy (non-hydrogen) atoms. The highest BCUT2D eigenvalue weighted by Crippen LogP contribution is 2.39. The lowest BCUT2D eigenvalue weighted by Crippen LogP contribution is -2.41. The third-order valence-corrected chi connectivity index (χ3v) is 4.62. The molecule has 1 aromatic carbocycles. The molecule has 0 amide bonds. The normalized spacial score (nSPS) is 19.8. The number of rotatable bonds is 3. The van der Waals surface area contributed by atoms with E-state index in [0.29, 0.717) is 11.1 Å². The predicted octanol–water partition coefficient (Wildman–Crippen LogP) is 5.03. The molecule has 0 atom stereocenters. The molecule has 3 nitrogen and oxygen atoms in total. The molecule has 2 heterocycles. The third-order valence-electron chi connectivity index (χ3n) is 4.62. The van der Waals surface area contributed by atoms with Crippen LogP contribution in [0.4, 0.5) is 8.78 Å². The van der Waals surface area contributed by atoms with Crippen molar-refractivity contribution in [1.82, 2.24) is 0 Å². The summed E-state index contributed by atoms with van der Waals surface area (Å²) in [5.74, 6) is -0.449. The van der Waals surface area contributed by atoms with E-state index in [0.717, 1.165) is 5.56 Å². The molecule has 0 unspecified atom stereocenters. The van der Waals surface area contributed by atoms with Gasteiger partial charge in [-0.25, -0.2) is 8.78 Å². The van der Waals surface area contributed by atoms with Gasteiger partial charge in [0.05, 0.1) is 23.7 Å². The summed E-state index contributed by atoms with van der Waals surface area (Å²) in [6.07, 6.45) is 4.28. The van der Waals surface area contributed by atoms with Crippen LogP contribution in [0.3, 0.4) is 0 Å². The van der Waals surface area contributed by atoms with Gasteiger partial charge in [0.2, 0.25) is 0 Å². The van der Waals surface area contributed by atoms with Crippen molar-refractivity contribution >= 4 is 13.2 Å². The van der Waals surface area contributed by atoms with Gasteiger partial charge in [0, 0.05) is 5.56 Å². The smallest absolute Gasteiger partial charge is 0.472 e. The minimum atomic E-state index is -1.12. The minimum absolute atomic E-state index is 0.392. The van der Waals surface area contributed by atoms with E-state index in [4.69, 9.17) is 13.7 Å². The number of halogens is 2. The molecule has 1 aliphatic heterocycles. The number of furan rings is 1. The standard InChI is InChI=1S/C18H19BF2O3/c1-17(2)18(3,4)24-19(23-17)16(21)10-13-9-14(20)5-6-15(13)12-7-8-22-11-12/h5-11H,1-4H3. The lowest BCUT2D eigenvalue weighted by molar-refractivity contribution is 0.00578. The SMILES string of the molecule is CC1(C)OB(C(F)=Cc2cc(F)ccc2-c2ccoc2)OC1(C)C. The first-order valence-electron chi connectivity index (χ1n) is 7.74. The molecule has 0 N–H and O–H groups in total. The molecule has 0 aliphatic carbocycles. The molecule has 0 radical (unpaired) electrons.